The number of amides is 1. The van der Waals surface area contributed by atoms with E-state index in [1.165, 1.54) is 0 Å². The molecular formula is C15H27NO3. The molecule has 0 aromatic rings. The number of aliphatic hydroxyl groups is 2. The molecule has 0 radical (unpaired) electrons. The van der Waals surface area contributed by atoms with Crippen LogP contribution in [0, 0.1) is 11.3 Å². The highest BCUT2D eigenvalue weighted by molar-refractivity contribution is 5.85. The molecule has 4 heteroatoms. The van der Waals surface area contributed by atoms with Gasteiger partial charge in [-0.15, -0.1) is 0 Å². The average molecular weight is 269 g/mol. The summed E-state index contributed by atoms with van der Waals surface area (Å²) in [4.78, 5) is 14.5. The second-order valence-electron chi connectivity index (χ2n) is 6.73. The molecule has 1 amide bonds. The highest BCUT2D eigenvalue weighted by Gasteiger charge is 2.48. The lowest BCUT2D eigenvalue weighted by atomic mass is 9.82. The van der Waals surface area contributed by atoms with Gasteiger partial charge in [0, 0.05) is 25.1 Å². The van der Waals surface area contributed by atoms with E-state index in [0.717, 1.165) is 38.5 Å². The highest BCUT2D eigenvalue weighted by atomic mass is 16.3. The summed E-state index contributed by atoms with van der Waals surface area (Å²) in [7, 11) is 0. The lowest BCUT2D eigenvalue weighted by molar-refractivity contribution is -0.137. The van der Waals surface area contributed by atoms with Gasteiger partial charge < -0.3 is 15.1 Å². The van der Waals surface area contributed by atoms with Crippen LogP contribution in [0.25, 0.3) is 0 Å². The summed E-state index contributed by atoms with van der Waals surface area (Å²) in [5.41, 5.74) is -0.434. The van der Waals surface area contributed by atoms with Crippen molar-refractivity contribution in [3.05, 3.63) is 0 Å². The molecule has 1 heterocycles. The molecule has 1 aliphatic heterocycles. The Hall–Kier alpha value is -0.610. The van der Waals surface area contributed by atoms with Crippen molar-refractivity contribution in [3.8, 4) is 0 Å². The first-order valence-corrected chi connectivity index (χ1v) is 7.56. The van der Waals surface area contributed by atoms with Crippen LogP contribution in [-0.4, -0.2) is 46.3 Å². The zero-order valence-corrected chi connectivity index (χ0v) is 12.1. The van der Waals surface area contributed by atoms with Gasteiger partial charge in [0.2, 0.25) is 5.91 Å². The molecule has 2 N–H and O–H groups in total. The van der Waals surface area contributed by atoms with Crippen molar-refractivity contribution in [2.24, 2.45) is 11.3 Å². The van der Waals surface area contributed by atoms with E-state index in [1.54, 1.807) is 0 Å². The minimum absolute atomic E-state index is 0.0519. The van der Waals surface area contributed by atoms with E-state index in [9.17, 15) is 15.0 Å². The fourth-order valence-corrected chi connectivity index (χ4v) is 3.47. The highest BCUT2D eigenvalue weighted by Crippen LogP contribution is 2.39. The van der Waals surface area contributed by atoms with Crippen LogP contribution in [0.2, 0.25) is 0 Å². The molecule has 0 spiro atoms. The van der Waals surface area contributed by atoms with Gasteiger partial charge in [-0.3, -0.25) is 4.79 Å². The van der Waals surface area contributed by atoms with Crippen LogP contribution in [0.3, 0.4) is 0 Å². The Morgan fingerprint density at radius 1 is 1.21 bits per heavy atom. The normalized spacial score (nSPS) is 36.1. The van der Waals surface area contributed by atoms with Crippen molar-refractivity contribution < 1.29 is 15.0 Å². The van der Waals surface area contributed by atoms with Crippen LogP contribution in [0.1, 0.15) is 52.4 Å². The van der Waals surface area contributed by atoms with Crippen LogP contribution < -0.4 is 0 Å². The van der Waals surface area contributed by atoms with Crippen molar-refractivity contribution in [1.29, 1.82) is 0 Å². The Morgan fingerprint density at radius 2 is 1.79 bits per heavy atom. The molecule has 2 fully saturated rings. The van der Waals surface area contributed by atoms with Crippen molar-refractivity contribution in [2.45, 2.75) is 64.5 Å². The summed E-state index contributed by atoms with van der Waals surface area (Å²) in [5.74, 6) is 0.244. The summed E-state index contributed by atoms with van der Waals surface area (Å²) < 4.78 is 0. The third kappa shape index (κ3) is 2.95. The van der Waals surface area contributed by atoms with E-state index >= 15 is 0 Å². The Bertz CT molecular complexity index is 319. The number of carbonyl (C=O) groups excluding carboxylic acids is 1. The standard InChI is InChI=1S/C15H27NO3/c1-15(2)11(10-17)9-16(14(15)19)12-5-3-7-13(18)8-4-6-12/h11-13,17-18H,3-10H2,1-2H3. The zero-order chi connectivity index (χ0) is 14.0. The van der Waals surface area contributed by atoms with E-state index in [2.05, 4.69) is 0 Å². The topological polar surface area (TPSA) is 60.8 Å². The van der Waals surface area contributed by atoms with Crippen molar-refractivity contribution >= 4 is 5.91 Å². The molecule has 2 rings (SSSR count). The second kappa shape index (κ2) is 5.80. The number of aliphatic hydroxyl groups excluding tert-OH is 2. The quantitative estimate of drug-likeness (QED) is 0.799. The fourth-order valence-electron chi connectivity index (χ4n) is 3.47. The van der Waals surface area contributed by atoms with Crippen LogP contribution in [0.4, 0.5) is 0 Å². The lowest BCUT2D eigenvalue weighted by Gasteiger charge is -2.31. The summed E-state index contributed by atoms with van der Waals surface area (Å²) in [6.07, 6.45) is 5.49. The van der Waals surface area contributed by atoms with Crippen molar-refractivity contribution in [3.63, 3.8) is 0 Å². The largest absolute Gasteiger partial charge is 0.396 e. The second-order valence-corrected chi connectivity index (χ2v) is 6.73. The lowest BCUT2D eigenvalue weighted by Crippen LogP contribution is -2.40. The molecule has 19 heavy (non-hydrogen) atoms. The SMILES string of the molecule is CC1(C)C(=O)N(C2CCCC(O)CCC2)CC1CO. The van der Waals surface area contributed by atoms with Crippen LogP contribution in [0.5, 0.6) is 0 Å². The predicted molar refractivity (Wildman–Crippen MR) is 73.6 cm³/mol. The molecule has 0 aromatic heterocycles. The predicted octanol–water partition coefficient (Wildman–Crippen LogP) is 1.55. The van der Waals surface area contributed by atoms with Gasteiger partial charge in [0.15, 0.2) is 0 Å². The molecule has 1 saturated heterocycles. The third-order valence-electron chi connectivity index (χ3n) is 5.06. The average Bonchev–Trinajstić information content (AvgIpc) is 2.56. The van der Waals surface area contributed by atoms with Gasteiger partial charge in [-0.25, -0.2) is 0 Å². The fraction of sp³-hybridized carbons (Fsp3) is 0.933. The van der Waals surface area contributed by atoms with Crippen LogP contribution >= 0.6 is 0 Å². The van der Waals surface area contributed by atoms with Crippen molar-refractivity contribution in [2.75, 3.05) is 13.2 Å². The van der Waals surface area contributed by atoms with E-state index in [1.807, 2.05) is 18.7 Å². The molecule has 1 unspecified atom stereocenters. The minimum Gasteiger partial charge on any atom is -0.396 e. The maximum atomic E-state index is 12.5. The molecule has 1 aliphatic carbocycles. The molecule has 0 bridgehead atoms. The smallest absolute Gasteiger partial charge is 0.228 e. The molecule has 1 atom stereocenters. The number of carbonyl (C=O) groups is 1. The first-order valence-electron chi connectivity index (χ1n) is 7.56. The number of nitrogens with zero attached hydrogens (tertiary/aromatic N) is 1. The number of hydrogen-bond donors (Lipinski definition) is 2. The van der Waals surface area contributed by atoms with Gasteiger partial charge in [-0.05, 0) is 38.5 Å². The molecule has 4 nitrogen and oxygen atoms in total. The number of likely N-dealkylation sites (tertiary alicyclic amines) is 1. The number of hydrogen-bond acceptors (Lipinski definition) is 3. The zero-order valence-electron chi connectivity index (χ0n) is 12.1. The summed E-state index contributed by atoms with van der Waals surface area (Å²) in [6, 6.07) is 0.302. The Morgan fingerprint density at radius 3 is 2.26 bits per heavy atom. The molecule has 0 aromatic carbocycles. The van der Waals surface area contributed by atoms with Crippen LogP contribution in [-0.2, 0) is 4.79 Å². The van der Waals surface area contributed by atoms with E-state index < -0.39 is 5.41 Å². The summed E-state index contributed by atoms with van der Waals surface area (Å²) in [6.45, 7) is 4.67. The molecule has 110 valence electrons. The van der Waals surface area contributed by atoms with Crippen LogP contribution in [0.15, 0.2) is 0 Å². The summed E-state index contributed by atoms with van der Waals surface area (Å²) in [5, 5.41) is 19.1. The Balaban J connectivity index is 2.03. The van der Waals surface area contributed by atoms with Gasteiger partial charge in [-0.1, -0.05) is 13.8 Å². The minimum atomic E-state index is -0.434. The van der Waals surface area contributed by atoms with Gasteiger partial charge in [0.25, 0.3) is 0 Å². The molecule has 2 aliphatic rings. The van der Waals surface area contributed by atoms with E-state index in [0.29, 0.717) is 12.6 Å². The maximum Gasteiger partial charge on any atom is 0.228 e. The van der Waals surface area contributed by atoms with Gasteiger partial charge in [-0.2, -0.15) is 0 Å². The first kappa shape index (κ1) is 14.8. The maximum absolute atomic E-state index is 12.5. The monoisotopic (exact) mass is 269 g/mol. The Kier molecular flexibility index (Phi) is 4.51. The van der Waals surface area contributed by atoms with Gasteiger partial charge >= 0.3 is 0 Å². The summed E-state index contributed by atoms with van der Waals surface area (Å²) >= 11 is 0. The first-order chi connectivity index (χ1) is 8.96. The number of rotatable bonds is 2. The van der Waals surface area contributed by atoms with Gasteiger partial charge in [0.05, 0.1) is 11.5 Å². The molecule has 1 saturated carbocycles. The van der Waals surface area contributed by atoms with E-state index in [-0.39, 0.29) is 24.5 Å². The van der Waals surface area contributed by atoms with E-state index in [4.69, 9.17) is 0 Å². The van der Waals surface area contributed by atoms with Crippen molar-refractivity contribution in [1.82, 2.24) is 4.90 Å². The molecular weight excluding hydrogens is 242 g/mol. The third-order valence-corrected chi connectivity index (χ3v) is 5.06. The van der Waals surface area contributed by atoms with Gasteiger partial charge in [0.1, 0.15) is 0 Å². The Labute approximate surface area is 115 Å².